The van der Waals surface area contributed by atoms with Crippen LogP contribution in [0.3, 0.4) is 0 Å². The molecule has 0 heterocycles. The van der Waals surface area contributed by atoms with Crippen molar-refractivity contribution in [1.82, 2.24) is 4.90 Å². The summed E-state index contributed by atoms with van der Waals surface area (Å²) in [7, 11) is 3.16. The Bertz CT molecular complexity index is 462. The van der Waals surface area contributed by atoms with Crippen LogP contribution in [0.25, 0.3) is 0 Å². The highest BCUT2D eigenvalue weighted by atomic mass is 16.5. The number of para-hydroxylation sites is 2. The number of benzene rings is 1. The molecule has 4 N–H and O–H groups in total. The van der Waals surface area contributed by atoms with Crippen LogP contribution in [0.5, 0.6) is 5.75 Å². The van der Waals surface area contributed by atoms with Crippen molar-refractivity contribution in [2.75, 3.05) is 26.0 Å². The number of ether oxygens (including phenoxy) is 1. The molecule has 0 saturated heterocycles. The van der Waals surface area contributed by atoms with Crippen LogP contribution in [0.1, 0.15) is 6.42 Å². The largest absolute Gasteiger partial charge is 0.495 e. The first-order valence-electron chi connectivity index (χ1n) is 5.70. The Hall–Kier alpha value is -2.44. The number of hydrogen-bond donors (Lipinski definition) is 3. The van der Waals surface area contributed by atoms with E-state index in [1.54, 1.807) is 25.2 Å². The van der Waals surface area contributed by atoms with Gasteiger partial charge in [-0.25, -0.2) is 4.79 Å². The quantitative estimate of drug-likeness (QED) is 0.323. The molecule has 1 aromatic carbocycles. The predicted octanol–water partition coefficient (Wildman–Crippen LogP) is 1.30. The second-order valence-corrected chi connectivity index (χ2v) is 3.89. The molecule has 0 aromatic heterocycles. The molecule has 0 radical (unpaired) electrons. The average Bonchev–Trinajstić information content (AvgIpc) is 2.44. The van der Waals surface area contributed by atoms with Gasteiger partial charge in [-0.05, 0) is 12.1 Å². The smallest absolute Gasteiger partial charge is 0.321 e. The molecule has 1 rings (SSSR count). The fourth-order valence-electron chi connectivity index (χ4n) is 1.39. The summed E-state index contributed by atoms with van der Waals surface area (Å²) in [6.45, 7) is 0.344. The maximum Gasteiger partial charge on any atom is 0.321 e. The van der Waals surface area contributed by atoms with E-state index >= 15 is 0 Å². The van der Waals surface area contributed by atoms with Crippen molar-refractivity contribution in [2.24, 2.45) is 10.9 Å². The molecule has 1 aromatic rings. The van der Waals surface area contributed by atoms with Crippen molar-refractivity contribution in [3.63, 3.8) is 0 Å². The first kappa shape index (κ1) is 14.6. The lowest BCUT2D eigenvalue weighted by molar-refractivity contribution is 0.223. The Morgan fingerprint density at radius 2 is 2.21 bits per heavy atom. The zero-order valence-corrected chi connectivity index (χ0v) is 11.0. The molecule has 0 bridgehead atoms. The minimum atomic E-state index is -0.296. The Morgan fingerprint density at radius 1 is 1.53 bits per heavy atom. The molecule has 0 spiro atoms. The van der Waals surface area contributed by atoms with Gasteiger partial charge in [0.2, 0.25) is 0 Å². The first-order valence-corrected chi connectivity index (χ1v) is 5.70. The molecule has 0 fully saturated rings. The number of nitrogens with one attached hydrogen (secondary N) is 1. The van der Waals surface area contributed by atoms with Crippen LogP contribution in [-0.2, 0) is 0 Å². The number of hydrogen-bond acceptors (Lipinski definition) is 4. The maximum atomic E-state index is 11.9. The van der Waals surface area contributed by atoms with Crippen molar-refractivity contribution in [1.29, 1.82) is 0 Å². The lowest BCUT2D eigenvalue weighted by Crippen LogP contribution is -2.34. The SMILES string of the molecule is COc1ccccc1NC(=O)N(C)CC/C(N)=N/O. The zero-order chi connectivity index (χ0) is 14.3. The van der Waals surface area contributed by atoms with Crippen LogP contribution < -0.4 is 15.8 Å². The van der Waals surface area contributed by atoms with Gasteiger partial charge in [0.15, 0.2) is 0 Å². The van der Waals surface area contributed by atoms with Crippen molar-refractivity contribution in [2.45, 2.75) is 6.42 Å². The number of anilines is 1. The summed E-state index contributed by atoms with van der Waals surface area (Å²) in [6, 6.07) is 6.82. The van der Waals surface area contributed by atoms with E-state index in [0.717, 1.165) is 0 Å². The van der Waals surface area contributed by atoms with Crippen LogP contribution in [0.15, 0.2) is 29.4 Å². The molecule has 0 unspecified atom stereocenters. The van der Waals surface area contributed by atoms with E-state index in [1.165, 1.54) is 12.0 Å². The molecular weight excluding hydrogens is 248 g/mol. The summed E-state index contributed by atoms with van der Waals surface area (Å²) in [5, 5.41) is 14.0. The number of urea groups is 1. The van der Waals surface area contributed by atoms with Crippen LogP contribution in [0.2, 0.25) is 0 Å². The molecule has 0 aliphatic carbocycles. The molecule has 0 aliphatic rings. The van der Waals surface area contributed by atoms with Gasteiger partial charge in [0.05, 0.1) is 12.8 Å². The summed E-state index contributed by atoms with van der Waals surface area (Å²) in [5.74, 6) is 0.664. The summed E-state index contributed by atoms with van der Waals surface area (Å²) in [5.41, 5.74) is 5.93. The van der Waals surface area contributed by atoms with Crippen LogP contribution in [0, 0.1) is 0 Å². The maximum absolute atomic E-state index is 11.9. The van der Waals surface area contributed by atoms with E-state index in [-0.39, 0.29) is 11.9 Å². The molecule has 2 amide bonds. The number of nitrogens with two attached hydrogens (primary N) is 1. The number of oxime groups is 1. The lowest BCUT2D eigenvalue weighted by Gasteiger charge is -2.18. The third-order valence-electron chi connectivity index (χ3n) is 2.53. The third kappa shape index (κ3) is 4.38. The fraction of sp³-hybridized carbons (Fsp3) is 0.333. The lowest BCUT2D eigenvalue weighted by atomic mass is 10.3. The number of amides is 2. The number of nitrogens with zero attached hydrogens (tertiary/aromatic N) is 2. The minimum Gasteiger partial charge on any atom is -0.495 e. The third-order valence-corrected chi connectivity index (χ3v) is 2.53. The monoisotopic (exact) mass is 266 g/mol. The van der Waals surface area contributed by atoms with Gasteiger partial charge in [0, 0.05) is 20.0 Å². The van der Waals surface area contributed by atoms with Crippen LogP contribution in [0.4, 0.5) is 10.5 Å². The topological polar surface area (TPSA) is 100 Å². The summed E-state index contributed by atoms with van der Waals surface area (Å²) < 4.78 is 5.14. The van der Waals surface area contributed by atoms with Gasteiger partial charge in [0.25, 0.3) is 0 Å². The average molecular weight is 266 g/mol. The van der Waals surface area contributed by atoms with Gasteiger partial charge < -0.3 is 25.9 Å². The fourth-order valence-corrected chi connectivity index (χ4v) is 1.39. The summed E-state index contributed by atoms with van der Waals surface area (Å²) in [6.07, 6.45) is 0.298. The van der Waals surface area contributed by atoms with Crippen molar-refractivity contribution < 1.29 is 14.7 Å². The number of carbonyl (C=O) groups is 1. The standard InChI is InChI=1S/C12H18N4O3/c1-16(8-7-11(13)15-18)12(17)14-9-5-3-4-6-10(9)19-2/h3-6,18H,7-8H2,1-2H3,(H2,13,15)(H,14,17). The summed E-state index contributed by atoms with van der Waals surface area (Å²) in [4.78, 5) is 13.3. The van der Waals surface area contributed by atoms with Gasteiger partial charge >= 0.3 is 6.03 Å². The summed E-state index contributed by atoms with van der Waals surface area (Å²) >= 11 is 0. The Morgan fingerprint density at radius 3 is 2.84 bits per heavy atom. The second-order valence-electron chi connectivity index (χ2n) is 3.89. The zero-order valence-electron chi connectivity index (χ0n) is 11.0. The van der Waals surface area contributed by atoms with E-state index in [9.17, 15) is 4.79 Å². The van der Waals surface area contributed by atoms with E-state index in [4.69, 9.17) is 15.7 Å². The normalized spacial score (nSPS) is 10.9. The molecule has 7 heteroatoms. The van der Waals surface area contributed by atoms with Crippen LogP contribution in [-0.4, -0.2) is 42.7 Å². The Kier molecular flexibility index (Phi) is 5.46. The Labute approximate surface area is 111 Å². The van der Waals surface area contributed by atoms with E-state index in [1.807, 2.05) is 6.07 Å². The molecule has 0 atom stereocenters. The van der Waals surface area contributed by atoms with Gasteiger partial charge in [-0.2, -0.15) is 0 Å². The van der Waals surface area contributed by atoms with Gasteiger partial charge in [-0.3, -0.25) is 0 Å². The highest BCUT2D eigenvalue weighted by Crippen LogP contribution is 2.23. The molecule has 19 heavy (non-hydrogen) atoms. The number of amidine groups is 1. The highest BCUT2D eigenvalue weighted by molar-refractivity contribution is 5.91. The molecule has 0 saturated carbocycles. The number of rotatable bonds is 5. The first-order chi connectivity index (χ1) is 9.08. The van der Waals surface area contributed by atoms with E-state index < -0.39 is 0 Å². The molecule has 104 valence electrons. The highest BCUT2D eigenvalue weighted by Gasteiger charge is 2.11. The van der Waals surface area contributed by atoms with Gasteiger partial charge in [0.1, 0.15) is 11.6 Å². The van der Waals surface area contributed by atoms with Crippen molar-refractivity contribution in [3.8, 4) is 5.75 Å². The number of carbonyl (C=O) groups excluding carboxylic acids is 1. The van der Waals surface area contributed by atoms with Gasteiger partial charge in [-0.15, -0.1) is 0 Å². The molecule has 7 nitrogen and oxygen atoms in total. The Balaban J connectivity index is 2.59. The van der Waals surface area contributed by atoms with Gasteiger partial charge in [-0.1, -0.05) is 17.3 Å². The van der Waals surface area contributed by atoms with E-state index in [2.05, 4.69) is 10.5 Å². The number of methoxy groups -OCH3 is 1. The van der Waals surface area contributed by atoms with Crippen molar-refractivity contribution in [3.05, 3.63) is 24.3 Å². The molecule has 0 aliphatic heterocycles. The molecular formula is C12H18N4O3. The second kappa shape index (κ2) is 7.10. The predicted molar refractivity (Wildman–Crippen MR) is 72.7 cm³/mol. The van der Waals surface area contributed by atoms with Crippen molar-refractivity contribution >= 4 is 17.6 Å². The van der Waals surface area contributed by atoms with E-state index in [0.29, 0.717) is 24.4 Å². The van der Waals surface area contributed by atoms with Crippen LogP contribution >= 0.6 is 0 Å². The minimum absolute atomic E-state index is 0.0805.